The van der Waals surface area contributed by atoms with E-state index in [0.29, 0.717) is 0 Å². The fraction of sp³-hybridized carbons (Fsp3) is 0.500. The fourth-order valence-electron chi connectivity index (χ4n) is 0. The zero-order chi connectivity index (χ0) is 8.08. The molecule has 0 rings (SSSR count). The van der Waals surface area contributed by atoms with Gasteiger partial charge in [-0.25, -0.2) is 4.57 Å². The molecule has 10 heteroatoms. The molecule has 4 N–H and O–H groups in total. The topological polar surface area (TPSA) is 115 Å². The Morgan fingerprint density at radius 1 is 1.25 bits per heavy atom. The van der Waals surface area contributed by atoms with Gasteiger partial charge in [0, 0.05) is 24.0 Å². The van der Waals surface area contributed by atoms with Crippen molar-refractivity contribution < 1.29 is 152 Å². The summed E-state index contributed by atoms with van der Waals surface area (Å²) in [6.45, 7) is 1.08. The molecule has 0 aromatic rings. The van der Waals surface area contributed by atoms with E-state index in [-0.39, 0.29) is 123 Å². The van der Waals surface area contributed by atoms with E-state index in [1.54, 1.807) is 0 Å². The number of hydrogen-bond acceptors (Lipinski definition) is 2. The van der Waals surface area contributed by atoms with Gasteiger partial charge in [0.2, 0.25) is 0 Å². The third kappa shape index (κ3) is 180. The Morgan fingerprint density at radius 2 is 1.25 bits per heavy atom. The maximum atomic E-state index is 9.00. The number of aliphatic carboxylic acids is 1. The van der Waals surface area contributed by atoms with Gasteiger partial charge in [0.15, 0.2) is 0 Å². The summed E-state index contributed by atoms with van der Waals surface area (Å²) in [6.07, 6.45) is 0. The Hall–Kier alpha value is 3.37. The molecule has 0 bridgehead atoms. The molecule has 12 heavy (non-hydrogen) atoms. The number of rotatable bonds is 0. The average molecular weight is 302 g/mol. The largest absolute Gasteiger partial charge is 1.00 e. The van der Waals surface area contributed by atoms with Gasteiger partial charge in [-0.15, -0.1) is 0 Å². The summed E-state index contributed by atoms with van der Waals surface area (Å²) in [5, 5.41) is 7.42. The predicted molar refractivity (Wildman–Crippen MR) is 29.8 cm³/mol. The van der Waals surface area contributed by atoms with E-state index >= 15 is 0 Å². The van der Waals surface area contributed by atoms with Crippen LogP contribution in [-0.4, -0.2) is 25.8 Å². The Kier molecular flexibility index (Phi) is 41.3. The molecule has 0 atom stereocenters. The number of carboxylic acid groups (broad SMARTS) is 1. The molecule has 0 aliphatic heterocycles. The molecule has 0 spiro atoms. The third-order valence-electron chi connectivity index (χ3n) is 0. The second-order valence-corrected chi connectivity index (χ2v) is 2.06. The van der Waals surface area contributed by atoms with Crippen molar-refractivity contribution in [3.8, 4) is 0 Å². The molecule has 0 aromatic heterocycles. The van der Waals surface area contributed by atoms with E-state index in [1.807, 2.05) is 0 Å². The van der Waals surface area contributed by atoms with Gasteiger partial charge in [0.05, 0.1) is 0 Å². The van der Waals surface area contributed by atoms with Crippen LogP contribution in [0.2, 0.25) is 0 Å². The zero-order valence-corrected chi connectivity index (χ0v) is 14.9. The van der Waals surface area contributed by atoms with Crippen LogP contribution in [0.3, 0.4) is 0 Å². The average Bonchev–Trinajstić information content (AvgIpc) is 1.19. The Morgan fingerprint density at radius 3 is 1.25 bits per heavy atom. The minimum absolute atomic E-state index is 0. The molecular weight excluding hydrogens is 293 g/mol. The Balaban J connectivity index is -0.0000000104. The van der Waals surface area contributed by atoms with Gasteiger partial charge >= 0.3 is 111 Å². The standard InChI is InChI=1S/C2H4O2.Cu.2K.H3O4P.2H/c1-2(3)4;;;;1-5(2,3)4;;/h1H3,(H,3,4);;;;(H3,1,2,3,4);;/q;;2*+1;;2*-1. The second kappa shape index (κ2) is 16.8. The second-order valence-electron chi connectivity index (χ2n) is 1.03. The van der Waals surface area contributed by atoms with Gasteiger partial charge in [-0.3, -0.25) is 4.79 Å². The smallest absolute Gasteiger partial charge is 1.00 e. The summed E-state index contributed by atoms with van der Waals surface area (Å²) in [4.78, 5) is 30.6. The van der Waals surface area contributed by atoms with Gasteiger partial charge < -0.3 is 22.6 Å². The van der Waals surface area contributed by atoms with Crippen molar-refractivity contribution in [2.75, 3.05) is 0 Å². The molecule has 0 saturated carbocycles. The Labute approximate surface area is 168 Å². The van der Waals surface area contributed by atoms with E-state index in [4.69, 9.17) is 29.1 Å². The first-order valence-corrected chi connectivity index (χ1v) is 3.28. The quantitative estimate of drug-likeness (QED) is 0.261. The van der Waals surface area contributed by atoms with Gasteiger partial charge in [-0.1, -0.05) is 0 Å². The van der Waals surface area contributed by atoms with Crippen LogP contribution < -0.4 is 103 Å². The summed E-state index contributed by atoms with van der Waals surface area (Å²) in [7, 11) is -4.64. The van der Waals surface area contributed by atoms with E-state index in [1.165, 1.54) is 0 Å². The minimum atomic E-state index is -4.64. The van der Waals surface area contributed by atoms with Crippen LogP contribution in [0, 0.1) is 0 Å². The summed E-state index contributed by atoms with van der Waals surface area (Å²) in [6, 6.07) is 0. The van der Waals surface area contributed by atoms with Crippen molar-refractivity contribution in [3.05, 3.63) is 0 Å². The summed E-state index contributed by atoms with van der Waals surface area (Å²) >= 11 is 0. The van der Waals surface area contributed by atoms with Crippen LogP contribution in [0.1, 0.15) is 9.78 Å². The van der Waals surface area contributed by atoms with Crippen LogP contribution >= 0.6 is 7.82 Å². The normalized spacial score (nSPS) is 7.00. The number of carboxylic acids is 1. The maximum Gasteiger partial charge on any atom is 1.00 e. The molecule has 1 radical (unpaired) electrons. The minimum Gasteiger partial charge on any atom is -1.00 e. The van der Waals surface area contributed by atoms with Gasteiger partial charge in [-0.05, 0) is 0 Å². The first kappa shape index (κ1) is 29.5. The van der Waals surface area contributed by atoms with Gasteiger partial charge in [-0.2, -0.15) is 0 Å². The predicted octanol–water partition coefficient (Wildman–Crippen LogP) is -6.61. The van der Waals surface area contributed by atoms with Crippen LogP contribution in [0.25, 0.3) is 0 Å². The van der Waals surface area contributed by atoms with Crippen molar-refractivity contribution in [3.63, 3.8) is 0 Å². The molecule has 0 fully saturated rings. The first-order valence-electron chi connectivity index (χ1n) is 1.71. The van der Waals surface area contributed by atoms with Crippen LogP contribution in [0.4, 0.5) is 0 Å². The molecule has 0 heterocycles. The summed E-state index contributed by atoms with van der Waals surface area (Å²) in [5.41, 5.74) is 0. The SMILES string of the molecule is CC(=O)O.O=P(O)(O)O.[Cu].[H-].[H-].[K+].[K+]. The fourth-order valence-corrected chi connectivity index (χ4v) is 0. The van der Waals surface area contributed by atoms with E-state index in [9.17, 15) is 0 Å². The van der Waals surface area contributed by atoms with Crippen molar-refractivity contribution >= 4 is 13.8 Å². The van der Waals surface area contributed by atoms with Gasteiger partial charge in [0.1, 0.15) is 0 Å². The molecule has 0 saturated heterocycles. The molecule has 0 amide bonds. The molecule has 0 aliphatic carbocycles. The van der Waals surface area contributed by atoms with Crippen LogP contribution in [-0.2, 0) is 26.4 Å². The summed E-state index contributed by atoms with van der Waals surface area (Å²) < 4.78 is 8.88. The van der Waals surface area contributed by atoms with E-state index < -0.39 is 13.8 Å². The molecular formula is C2H9CuK2O6P. The van der Waals surface area contributed by atoms with Crippen molar-refractivity contribution in [2.45, 2.75) is 6.92 Å². The Bertz CT molecular complexity index is 132. The first-order chi connectivity index (χ1) is 3.73. The number of phosphoric acid groups is 1. The number of hydrogen-bond donors (Lipinski definition) is 4. The van der Waals surface area contributed by atoms with E-state index in [0.717, 1.165) is 6.92 Å². The van der Waals surface area contributed by atoms with Crippen LogP contribution in [0.15, 0.2) is 0 Å². The maximum absolute atomic E-state index is 9.00. The third-order valence-corrected chi connectivity index (χ3v) is 0. The number of carbonyl (C=O) groups is 1. The molecule has 0 aliphatic rings. The molecule has 0 aromatic carbocycles. The van der Waals surface area contributed by atoms with E-state index in [2.05, 4.69) is 0 Å². The summed E-state index contributed by atoms with van der Waals surface area (Å²) in [5.74, 6) is -0.833. The zero-order valence-electron chi connectivity index (χ0n) is 8.85. The molecule has 0 unspecified atom stereocenters. The monoisotopic (exact) mass is 301 g/mol. The molecule has 71 valence electrons. The molecule has 6 nitrogen and oxygen atoms in total. The van der Waals surface area contributed by atoms with Crippen molar-refractivity contribution in [1.82, 2.24) is 0 Å². The van der Waals surface area contributed by atoms with Crippen molar-refractivity contribution in [2.24, 2.45) is 0 Å². The van der Waals surface area contributed by atoms with Gasteiger partial charge in [0.25, 0.3) is 5.97 Å². The van der Waals surface area contributed by atoms with Crippen LogP contribution in [0.5, 0.6) is 0 Å². The van der Waals surface area contributed by atoms with Crippen molar-refractivity contribution in [1.29, 1.82) is 0 Å².